The lowest BCUT2D eigenvalue weighted by molar-refractivity contribution is 0.0698. The second kappa shape index (κ2) is 5.52. The third-order valence-electron chi connectivity index (χ3n) is 3.53. The minimum atomic E-state index is -0.978. The first-order valence-corrected chi connectivity index (χ1v) is 6.75. The highest BCUT2D eigenvalue weighted by atomic mass is 19.1. The first kappa shape index (κ1) is 14.1. The largest absolute Gasteiger partial charge is 0.486 e. The number of halogens is 1. The van der Waals surface area contributed by atoms with Crippen molar-refractivity contribution in [3.8, 4) is 5.75 Å². The predicted molar refractivity (Wildman–Crippen MR) is 80.6 cm³/mol. The van der Waals surface area contributed by atoms with E-state index in [1.165, 1.54) is 6.07 Å². The molecule has 1 aromatic heterocycles. The van der Waals surface area contributed by atoms with Crippen molar-refractivity contribution < 1.29 is 19.0 Å². The highest BCUT2D eigenvalue weighted by Crippen LogP contribution is 2.26. The zero-order valence-electron chi connectivity index (χ0n) is 11.9. The lowest BCUT2D eigenvalue weighted by Crippen LogP contribution is -1.99. The number of carboxylic acid groups (broad SMARTS) is 1. The van der Waals surface area contributed by atoms with E-state index in [-0.39, 0.29) is 17.9 Å². The van der Waals surface area contributed by atoms with Gasteiger partial charge in [-0.3, -0.25) is 0 Å². The zero-order chi connectivity index (χ0) is 15.7. The van der Waals surface area contributed by atoms with Gasteiger partial charge in [-0.15, -0.1) is 0 Å². The van der Waals surface area contributed by atoms with E-state index < -0.39 is 11.8 Å². The Morgan fingerprint density at radius 2 is 2.00 bits per heavy atom. The van der Waals surface area contributed by atoms with Gasteiger partial charge in [-0.2, -0.15) is 0 Å². The van der Waals surface area contributed by atoms with E-state index in [4.69, 9.17) is 4.74 Å². The Morgan fingerprint density at radius 3 is 2.73 bits per heavy atom. The number of nitrogens with zero attached hydrogens (tertiary/aromatic N) is 1. The molecule has 0 aliphatic heterocycles. The van der Waals surface area contributed by atoms with Crippen LogP contribution in [0.25, 0.3) is 10.9 Å². The number of hydrogen-bond donors (Lipinski definition) is 1. The monoisotopic (exact) mass is 299 g/mol. The van der Waals surface area contributed by atoms with Gasteiger partial charge in [-0.25, -0.2) is 9.18 Å². The summed E-state index contributed by atoms with van der Waals surface area (Å²) < 4.78 is 20.8. The minimum Gasteiger partial charge on any atom is -0.486 e. The Hall–Kier alpha value is -2.82. The number of benzene rings is 2. The van der Waals surface area contributed by atoms with Gasteiger partial charge >= 0.3 is 5.97 Å². The number of aromatic nitrogens is 1. The molecular weight excluding hydrogens is 285 g/mol. The summed E-state index contributed by atoms with van der Waals surface area (Å²) in [5, 5.41) is 10.1. The summed E-state index contributed by atoms with van der Waals surface area (Å²) in [4.78, 5) is 11.3. The first-order valence-electron chi connectivity index (χ1n) is 6.75. The maximum Gasteiger partial charge on any atom is 0.337 e. The number of ether oxygens (including phenoxy) is 1. The number of para-hydroxylation sites is 2. The molecule has 22 heavy (non-hydrogen) atoms. The Morgan fingerprint density at radius 1 is 1.23 bits per heavy atom. The lowest BCUT2D eigenvalue weighted by atomic mass is 10.1. The predicted octanol–water partition coefficient (Wildman–Crippen LogP) is 3.59. The van der Waals surface area contributed by atoms with Gasteiger partial charge < -0.3 is 14.4 Å². The van der Waals surface area contributed by atoms with Crippen LogP contribution in [-0.4, -0.2) is 15.6 Å². The number of hydrogen-bond acceptors (Lipinski definition) is 2. The molecule has 5 heteroatoms. The number of carboxylic acids is 1. The fraction of sp³-hybridized carbons (Fsp3) is 0.118. The first-order chi connectivity index (χ1) is 10.6. The highest BCUT2D eigenvalue weighted by Gasteiger charge is 2.15. The van der Waals surface area contributed by atoms with Crippen LogP contribution in [0.2, 0.25) is 0 Å². The minimum absolute atomic E-state index is 0.168. The van der Waals surface area contributed by atoms with Crippen LogP contribution in [0.4, 0.5) is 4.39 Å². The van der Waals surface area contributed by atoms with Gasteiger partial charge in [0.25, 0.3) is 0 Å². The number of fused-ring (bicyclic) bond motifs is 1. The molecule has 0 unspecified atom stereocenters. The topological polar surface area (TPSA) is 51.5 Å². The molecule has 112 valence electrons. The quantitative estimate of drug-likeness (QED) is 0.801. The van der Waals surface area contributed by atoms with Crippen LogP contribution in [0.1, 0.15) is 15.9 Å². The zero-order valence-corrected chi connectivity index (χ0v) is 11.9. The molecule has 0 atom stereocenters. The average Bonchev–Trinajstić information content (AvgIpc) is 2.83. The smallest absolute Gasteiger partial charge is 0.337 e. The summed E-state index contributed by atoms with van der Waals surface area (Å²) >= 11 is 0. The molecule has 0 aliphatic carbocycles. The van der Waals surface area contributed by atoms with Gasteiger partial charge in [0.2, 0.25) is 0 Å². The van der Waals surface area contributed by atoms with Gasteiger partial charge in [0, 0.05) is 24.2 Å². The molecule has 3 aromatic rings. The number of aryl methyl sites for hydroxylation is 1. The number of rotatable bonds is 4. The Kier molecular flexibility index (Phi) is 3.55. The fourth-order valence-electron chi connectivity index (χ4n) is 2.56. The Bertz CT molecular complexity index is 854. The van der Waals surface area contributed by atoms with E-state index in [0.29, 0.717) is 5.52 Å². The van der Waals surface area contributed by atoms with Crippen molar-refractivity contribution in [1.29, 1.82) is 0 Å². The summed E-state index contributed by atoms with van der Waals surface area (Å²) in [5.41, 5.74) is 1.67. The normalized spacial score (nSPS) is 10.8. The van der Waals surface area contributed by atoms with E-state index >= 15 is 0 Å². The second-order valence-electron chi connectivity index (χ2n) is 4.99. The fourth-order valence-corrected chi connectivity index (χ4v) is 2.56. The van der Waals surface area contributed by atoms with Gasteiger partial charge in [-0.05, 0) is 18.2 Å². The van der Waals surface area contributed by atoms with Crippen molar-refractivity contribution in [2.24, 2.45) is 7.05 Å². The molecule has 1 heterocycles. The SMILES string of the molecule is Cn1cc(COc2ccccc2F)c2cccc(C(=O)O)c21. The van der Waals surface area contributed by atoms with E-state index in [9.17, 15) is 14.3 Å². The molecule has 4 nitrogen and oxygen atoms in total. The molecule has 0 saturated carbocycles. The van der Waals surface area contributed by atoms with Crippen molar-refractivity contribution in [2.75, 3.05) is 0 Å². The van der Waals surface area contributed by atoms with E-state index in [2.05, 4.69) is 0 Å². The van der Waals surface area contributed by atoms with Gasteiger partial charge in [0.05, 0.1) is 11.1 Å². The molecule has 0 aliphatic rings. The Labute approximate surface area is 126 Å². The summed E-state index contributed by atoms with van der Waals surface area (Å²) in [6, 6.07) is 11.3. The van der Waals surface area contributed by atoms with Crippen molar-refractivity contribution in [1.82, 2.24) is 4.57 Å². The molecule has 2 aromatic carbocycles. The molecule has 0 spiro atoms. The lowest BCUT2D eigenvalue weighted by Gasteiger charge is -2.06. The van der Waals surface area contributed by atoms with Crippen LogP contribution < -0.4 is 4.74 Å². The third kappa shape index (κ3) is 2.41. The van der Waals surface area contributed by atoms with Crippen molar-refractivity contribution in [3.05, 3.63) is 65.6 Å². The molecule has 0 radical (unpaired) electrons. The van der Waals surface area contributed by atoms with Gasteiger partial charge in [0.1, 0.15) is 6.61 Å². The average molecular weight is 299 g/mol. The second-order valence-corrected chi connectivity index (χ2v) is 4.99. The molecule has 0 saturated heterocycles. The third-order valence-corrected chi connectivity index (χ3v) is 3.53. The van der Waals surface area contributed by atoms with Crippen LogP contribution >= 0.6 is 0 Å². The Balaban J connectivity index is 1.97. The standard InChI is InChI=1S/C17H14FNO3/c1-19-9-11(10-22-15-8-3-2-7-14(15)18)12-5-4-6-13(16(12)19)17(20)21/h2-9H,10H2,1H3,(H,20,21). The van der Waals surface area contributed by atoms with E-state index in [1.54, 1.807) is 48.1 Å². The van der Waals surface area contributed by atoms with Crippen LogP contribution in [-0.2, 0) is 13.7 Å². The molecule has 0 amide bonds. The van der Waals surface area contributed by atoms with Crippen LogP contribution in [0.15, 0.2) is 48.7 Å². The van der Waals surface area contributed by atoms with Crippen molar-refractivity contribution in [2.45, 2.75) is 6.61 Å². The molecule has 1 N–H and O–H groups in total. The van der Waals surface area contributed by atoms with Crippen molar-refractivity contribution in [3.63, 3.8) is 0 Å². The summed E-state index contributed by atoms with van der Waals surface area (Å²) in [6.45, 7) is 0.168. The van der Waals surface area contributed by atoms with E-state index in [0.717, 1.165) is 10.9 Å². The molecule has 3 rings (SSSR count). The molecular formula is C17H14FNO3. The van der Waals surface area contributed by atoms with E-state index in [1.807, 2.05) is 6.07 Å². The molecule has 0 fully saturated rings. The van der Waals surface area contributed by atoms with Gasteiger partial charge in [-0.1, -0.05) is 24.3 Å². The maximum atomic E-state index is 13.6. The van der Waals surface area contributed by atoms with Crippen LogP contribution in [0.3, 0.4) is 0 Å². The van der Waals surface area contributed by atoms with Crippen LogP contribution in [0, 0.1) is 5.82 Å². The summed E-state index contributed by atoms with van der Waals surface area (Å²) in [5.74, 6) is -1.23. The summed E-state index contributed by atoms with van der Waals surface area (Å²) in [6.07, 6.45) is 1.80. The number of aromatic carboxylic acids is 1. The molecule has 0 bridgehead atoms. The van der Waals surface area contributed by atoms with Gasteiger partial charge in [0.15, 0.2) is 11.6 Å². The maximum absolute atomic E-state index is 13.6. The van der Waals surface area contributed by atoms with Crippen LogP contribution in [0.5, 0.6) is 5.75 Å². The van der Waals surface area contributed by atoms with Crippen molar-refractivity contribution >= 4 is 16.9 Å². The highest BCUT2D eigenvalue weighted by molar-refractivity contribution is 6.03. The summed E-state index contributed by atoms with van der Waals surface area (Å²) in [7, 11) is 1.78. The number of carbonyl (C=O) groups is 1.